The highest BCUT2D eigenvalue weighted by Gasteiger charge is 2.51. The lowest BCUT2D eigenvalue weighted by atomic mass is 9.88. The molecular formula is C53H77BrN4O12. The fourth-order valence-corrected chi connectivity index (χ4v) is 8.95. The van der Waals surface area contributed by atoms with Gasteiger partial charge in [0.1, 0.15) is 17.9 Å². The zero-order chi connectivity index (χ0) is 51.4. The lowest BCUT2D eigenvalue weighted by Gasteiger charge is -2.39. The summed E-state index contributed by atoms with van der Waals surface area (Å²) >= 11 is 3.11. The number of epoxide rings is 1. The summed E-state index contributed by atoms with van der Waals surface area (Å²) in [5, 5.41) is 11.7. The summed E-state index contributed by atoms with van der Waals surface area (Å²) in [5.74, 6) is -2.54. The average molecular weight is 1040 g/mol. The second-order valence-electron chi connectivity index (χ2n) is 19.5. The molecule has 10 atom stereocenters. The maximum atomic E-state index is 13.3. The largest absolute Gasteiger partial charge is 0.469 e. The van der Waals surface area contributed by atoms with Crippen LogP contribution in [0.4, 0.5) is 5.69 Å². The molecule has 0 aromatic heterocycles. The van der Waals surface area contributed by atoms with E-state index in [0.29, 0.717) is 50.1 Å². The fourth-order valence-electron chi connectivity index (χ4n) is 8.75. The van der Waals surface area contributed by atoms with Crippen LogP contribution in [-0.2, 0) is 63.7 Å². The van der Waals surface area contributed by atoms with Crippen LogP contribution in [0.5, 0.6) is 0 Å². The third-order valence-electron chi connectivity index (χ3n) is 13.1. The van der Waals surface area contributed by atoms with Crippen LogP contribution in [0, 0.1) is 17.8 Å². The SMILES string of the molecule is COC(=O)C[C@@H]1C[C@@]2(CO2)C[C@@H](/C=C/C(C)=C/C[C@@H]2O[C@H](C)[C@H](NC(=O)/C=C\[C@H](C)OC(=O)CCc3ccccc3NC(=O)[C@H](C)NC(=O)[C@@H](CC(=O)CCCCCNC(=O)CBr)C(C)C)C[C@@H]2C)O1. The quantitative estimate of drug-likeness (QED) is 0.0176. The van der Waals surface area contributed by atoms with Gasteiger partial charge in [-0.2, -0.15) is 0 Å². The van der Waals surface area contributed by atoms with Crippen molar-refractivity contribution in [2.75, 3.05) is 30.9 Å². The number of carbonyl (C=O) groups excluding carboxylic acids is 7. The number of halogens is 1. The molecule has 4 N–H and O–H groups in total. The zero-order valence-electron chi connectivity index (χ0n) is 42.4. The van der Waals surface area contributed by atoms with Crippen molar-refractivity contribution in [3.05, 3.63) is 65.8 Å². The van der Waals surface area contributed by atoms with E-state index in [0.717, 1.165) is 31.3 Å². The van der Waals surface area contributed by atoms with Gasteiger partial charge in [0.25, 0.3) is 0 Å². The molecule has 1 spiro atoms. The first-order chi connectivity index (χ1) is 33.3. The summed E-state index contributed by atoms with van der Waals surface area (Å²) in [5.41, 5.74) is 2.07. The first-order valence-electron chi connectivity index (χ1n) is 24.9. The van der Waals surface area contributed by atoms with Crippen LogP contribution in [0.1, 0.15) is 125 Å². The summed E-state index contributed by atoms with van der Waals surface area (Å²) in [6, 6.07) is 5.98. The molecule has 0 aliphatic carbocycles. The molecule has 388 valence electrons. The minimum atomic E-state index is -0.896. The van der Waals surface area contributed by atoms with Crippen molar-refractivity contribution in [2.45, 2.75) is 174 Å². The number of alkyl halides is 1. The summed E-state index contributed by atoms with van der Waals surface area (Å²) < 4.78 is 28.7. The molecule has 0 unspecified atom stereocenters. The molecule has 70 heavy (non-hydrogen) atoms. The molecule has 3 aliphatic heterocycles. The number of anilines is 1. The van der Waals surface area contributed by atoms with Gasteiger partial charge in [0, 0.05) is 56.3 Å². The van der Waals surface area contributed by atoms with Crippen LogP contribution in [-0.4, -0.2) is 115 Å². The van der Waals surface area contributed by atoms with Gasteiger partial charge in [-0.25, -0.2) is 0 Å². The third kappa shape index (κ3) is 20.2. The Kier molecular flexibility index (Phi) is 23.9. The highest BCUT2D eigenvalue weighted by atomic mass is 79.9. The minimum Gasteiger partial charge on any atom is -0.469 e. The van der Waals surface area contributed by atoms with Gasteiger partial charge in [0.05, 0.1) is 61.5 Å². The number of Topliss-reactive ketones (excluding diaryl/α,β-unsaturated/α-hetero) is 1. The summed E-state index contributed by atoms with van der Waals surface area (Å²) in [7, 11) is 1.38. The van der Waals surface area contributed by atoms with Crippen molar-refractivity contribution in [3.63, 3.8) is 0 Å². The molecular weight excluding hydrogens is 965 g/mol. The predicted octanol–water partition coefficient (Wildman–Crippen LogP) is 6.92. The number of methoxy groups -OCH3 is 1. The van der Waals surface area contributed by atoms with Crippen molar-refractivity contribution in [3.8, 4) is 0 Å². The second-order valence-corrected chi connectivity index (χ2v) is 20.1. The summed E-state index contributed by atoms with van der Waals surface area (Å²) in [4.78, 5) is 88.4. The third-order valence-corrected chi connectivity index (χ3v) is 13.6. The van der Waals surface area contributed by atoms with E-state index in [2.05, 4.69) is 50.2 Å². The minimum absolute atomic E-state index is 0.0201. The fraction of sp³-hybridized carbons (Fsp3) is 0.642. The van der Waals surface area contributed by atoms with Crippen molar-refractivity contribution >= 4 is 63.0 Å². The highest BCUT2D eigenvalue weighted by molar-refractivity contribution is 9.09. The van der Waals surface area contributed by atoms with Crippen LogP contribution in [0.15, 0.2) is 60.2 Å². The number of aryl methyl sites for hydroxylation is 1. The number of unbranched alkanes of at least 4 members (excludes halogenated alkanes) is 2. The number of amides is 4. The lowest BCUT2D eigenvalue weighted by molar-refractivity contribution is -0.147. The molecule has 4 amide bonds. The van der Waals surface area contributed by atoms with E-state index in [1.807, 2.05) is 39.8 Å². The van der Waals surface area contributed by atoms with Crippen molar-refractivity contribution in [1.29, 1.82) is 0 Å². The van der Waals surface area contributed by atoms with Crippen LogP contribution < -0.4 is 21.3 Å². The molecule has 0 radical (unpaired) electrons. The van der Waals surface area contributed by atoms with Crippen molar-refractivity contribution in [1.82, 2.24) is 16.0 Å². The van der Waals surface area contributed by atoms with Gasteiger partial charge in [-0.05, 0) is 89.3 Å². The molecule has 17 heteroatoms. The van der Waals surface area contributed by atoms with Crippen LogP contribution in [0.3, 0.4) is 0 Å². The lowest BCUT2D eigenvalue weighted by Crippen LogP contribution is -2.50. The Morgan fingerprint density at radius 3 is 2.37 bits per heavy atom. The number of rotatable bonds is 27. The maximum Gasteiger partial charge on any atom is 0.308 e. The Balaban J connectivity index is 1.15. The highest BCUT2D eigenvalue weighted by Crippen LogP contribution is 2.43. The van der Waals surface area contributed by atoms with E-state index in [4.69, 9.17) is 23.7 Å². The Morgan fingerprint density at radius 2 is 1.67 bits per heavy atom. The number of hydrogen-bond donors (Lipinski definition) is 4. The van der Waals surface area contributed by atoms with Gasteiger partial charge < -0.3 is 45.0 Å². The molecule has 1 aromatic carbocycles. The van der Waals surface area contributed by atoms with E-state index in [9.17, 15) is 33.6 Å². The Morgan fingerprint density at radius 1 is 0.929 bits per heavy atom. The number of nitrogens with one attached hydrogen (secondary N) is 4. The van der Waals surface area contributed by atoms with Gasteiger partial charge >= 0.3 is 11.9 Å². The summed E-state index contributed by atoms with van der Waals surface area (Å²) in [6.45, 7) is 14.3. The number of allylic oxidation sites excluding steroid dienone is 2. The molecule has 4 rings (SSSR count). The smallest absolute Gasteiger partial charge is 0.308 e. The topological polar surface area (TPSA) is 217 Å². The average Bonchev–Trinajstić information content (AvgIpc) is 4.06. The molecule has 3 aliphatic rings. The monoisotopic (exact) mass is 1040 g/mol. The van der Waals surface area contributed by atoms with Gasteiger partial charge in [0.15, 0.2) is 0 Å². The van der Waals surface area contributed by atoms with Crippen molar-refractivity contribution < 1.29 is 57.2 Å². The van der Waals surface area contributed by atoms with E-state index in [1.165, 1.54) is 19.3 Å². The zero-order valence-corrected chi connectivity index (χ0v) is 43.9. The molecule has 1 aromatic rings. The Bertz CT molecular complexity index is 2030. The number of ether oxygens (including phenoxy) is 5. The molecule has 3 heterocycles. The Hall–Kier alpha value is -4.71. The summed E-state index contributed by atoms with van der Waals surface area (Å²) in [6.07, 6.45) is 13.8. The normalized spacial score (nSPS) is 24.7. The second kappa shape index (κ2) is 29.0. The maximum absolute atomic E-state index is 13.3. The van der Waals surface area contributed by atoms with Crippen molar-refractivity contribution in [2.24, 2.45) is 17.8 Å². The molecule has 0 bridgehead atoms. The van der Waals surface area contributed by atoms with Gasteiger partial charge in [-0.3, -0.25) is 33.6 Å². The number of carbonyl (C=O) groups is 7. The van der Waals surface area contributed by atoms with Crippen LogP contribution in [0.25, 0.3) is 0 Å². The number of para-hydroxylation sites is 1. The van der Waals surface area contributed by atoms with Gasteiger partial charge in [-0.1, -0.05) is 85.1 Å². The number of ketones is 1. The van der Waals surface area contributed by atoms with E-state index >= 15 is 0 Å². The van der Waals surface area contributed by atoms with Gasteiger partial charge in [-0.15, -0.1) is 0 Å². The van der Waals surface area contributed by atoms with Crippen LogP contribution >= 0.6 is 15.9 Å². The number of benzene rings is 1. The molecule has 0 saturated carbocycles. The Labute approximate surface area is 422 Å². The molecule has 3 fully saturated rings. The molecule has 16 nitrogen and oxygen atoms in total. The predicted molar refractivity (Wildman–Crippen MR) is 270 cm³/mol. The van der Waals surface area contributed by atoms with Gasteiger partial charge in [0.2, 0.25) is 23.6 Å². The first-order valence-corrected chi connectivity index (χ1v) is 26.0. The van der Waals surface area contributed by atoms with Crippen LogP contribution in [0.2, 0.25) is 0 Å². The van der Waals surface area contributed by atoms with E-state index in [-0.39, 0.29) is 108 Å². The number of esters is 2. The number of hydrogen-bond acceptors (Lipinski definition) is 12. The first kappa shape index (κ1) is 57.9. The van der Waals surface area contributed by atoms with E-state index < -0.39 is 29.9 Å². The van der Waals surface area contributed by atoms with E-state index in [1.54, 1.807) is 38.1 Å². The standard InChI is InChI=1S/C53H77BrN4O12/c1-33(2)43(27-40(59)15-10-9-13-25-55-48(61)31-54)52(65)56-37(6)51(64)58-44-16-12-11-14-39(44)20-24-49(62)68-36(5)19-23-47(60)57-45-26-35(4)46(69-38(45)7)22-18-34(3)17-21-41-29-53(32-67-53)30-42(70-41)28-50(63)66-8/h11-12,14,16-19,21,23,33,35-38,41-43,45-46H,9-10,13,15,20,22,24-32H2,1-8H3,(H,55,61)(H,56,65)(H,57,60)(H,58,64)/b21-17+,23-19-,34-18+/t35-,36-,37-,38+,41+,42+,43-,45+,46-,53+/m0/s1. The molecule has 3 saturated heterocycles.